The van der Waals surface area contributed by atoms with Crippen LogP contribution in [0.1, 0.15) is 39.0 Å². The molecule has 37 heavy (non-hydrogen) atoms. The molecule has 3 saturated carbocycles. The van der Waals surface area contributed by atoms with Crippen molar-refractivity contribution in [3.05, 3.63) is 48.3 Å². The molecule has 5 rings (SSSR count). The molecule has 2 aliphatic heterocycles. The fraction of sp³-hybridized carbons (Fsp3) is 0.621. The normalized spacial score (nSPS) is 44.2. The lowest BCUT2D eigenvalue weighted by Crippen LogP contribution is -2.43. The first kappa shape index (κ1) is 25.9. The molecular formula is C29H38N2O6. The predicted octanol–water partition coefficient (Wildman–Crippen LogP) is 1.96. The summed E-state index contributed by atoms with van der Waals surface area (Å²) in [5.41, 5.74) is -0.359. The minimum atomic E-state index is -1.19. The Morgan fingerprint density at radius 1 is 1.03 bits per heavy atom. The molecule has 1 saturated heterocycles. The first-order valence-corrected chi connectivity index (χ1v) is 13.6. The zero-order valence-corrected chi connectivity index (χ0v) is 21.3. The second kappa shape index (κ2) is 10.2. The van der Waals surface area contributed by atoms with Gasteiger partial charge < -0.3 is 26.0 Å². The van der Waals surface area contributed by atoms with Gasteiger partial charge in [0.25, 0.3) is 5.91 Å². The summed E-state index contributed by atoms with van der Waals surface area (Å²) in [4.78, 5) is 37.7. The van der Waals surface area contributed by atoms with Crippen molar-refractivity contribution in [3.63, 3.8) is 0 Å². The SMILES string of the molecule is C=CC1CC2CC3C4CC=CC(=O)NCCC(O)C5NC(=O)C(=C(O)C=CC4CC(O)C3C2C1C)C5=O. The van der Waals surface area contributed by atoms with E-state index in [0.717, 1.165) is 12.8 Å². The van der Waals surface area contributed by atoms with Crippen LogP contribution in [0.25, 0.3) is 0 Å². The fourth-order valence-corrected chi connectivity index (χ4v) is 8.22. The topological polar surface area (TPSA) is 136 Å². The molecule has 2 bridgehead atoms. The van der Waals surface area contributed by atoms with Crippen LogP contribution >= 0.6 is 0 Å². The van der Waals surface area contributed by atoms with Gasteiger partial charge in [-0.3, -0.25) is 14.4 Å². The van der Waals surface area contributed by atoms with Gasteiger partial charge in [0.15, 0.2) is 5.78 Å². The lowest BCUT2D eigenvalue weighted by molar-refractivity contribution is -0.118. The highest BCUT2D eigenvalue weighted by molar-refractivity contribution is 6.27. The van der Waals surface area contributed by atoms with Crippen LogP contribution < -0.4 is 10.6 Å². The van der Waals surface area contributed by atoms with Gasteiger partial charge in [-0.2, -0.15) is 0 Å². The zero-order chi connectivity index (χ0) is 26.4. The Balaban J connectivity index is 1.47. The Labute approximate surface area is 217 Å². The molecule has 5 N–H and O–H groups in total. The van der Waals surface area contributed by atoms with Gasteiger partial charge in [-0.05, 0) is 91.6 Å². The first-order chi connectivity index (χ1) is 17.7. The Hall–Kier alpha value is -2.71. The molecule has 2 heterocycles. The standard InChI is InChI=1S/C29H38N2O6/c1-3-15-11-17-12-19-18-5-4-6-23(35)30-10-9-21(33)27-28(36)26(29(37)31-27)20(32)8-7-16(18)13-22(34)25(19)24(17)14(15)2/h3-4,6-8,14-19,21-22,24-25,27,32-34H,1,5,9-13H2,2H3,(H,30,35)(H,31,37). The first-order valence-electron chi connectivity index (χ1n) is 13.6. The van der Waals surface area contributed by atoms with E-state index in [1.165, 1.54) is 12.2 Å². The molecule has 11 atom stereocenters. The number of aliphatic hydroxyl groups excluding tert-OH is 3. The van der Waals surface area contributed by atoms with Crippen LogP contribution in [-0.2, 0) is 14.4 Å². The van der Waals surface area contributed by atoms with Crippen molar-refractivity contribution in [2.75, 3.05) is 6.54 Å². The Kier molecular flexibility index (Phi) is 7.16. The van der Waals surface area contributed by atoms with E-state index in [-0.39, 0.29) is 48.1 Å². The number of ketones is 1. The predicted molar refractivity (Wildman–Crippen MR) is 137 cm³/mol. The number of hydrogen-bond donors (Lipinski definition) is 5. The van der Waals surface area contributed by atoms with Crippen LogP contribution in [0.15, 0.2) is 48.3 Å². The van der Waals surface area contributed by atoms with Gasteiger partial charge >= 0.3 is 0 Å². The molecule has 200 valence electrons. The third kappa shape index (κ3) is 4.59. The molecule has 8 heteroatoms. The van der Waals surface area contributed by atoms with Crippen LogP contribution in [0, 0.1) is 47.3 Å². The third-order valence-corrected chi connectivity index (χ3v) is 9.88. The molecular weight excluding hydrogens is 472 g/mol. The number of nitrogens with one attached hydrogen (secondary N) is 2. The average Bonchev–Trinajstić information content (AvgIpc) is 3.48. The Bertz CT molecular complexity index is 1060. The van der Waals surface area contributed by atoms with Gasteiger partial charge in [-0.15, -0.1) is 6.58 Å². The largest absolute Gasteiger partial charge is 0.507 e. The number of fused-ring (bicyclic) bond motifs is 7. The summed E-state index contributed by atoms with van der Waals surface area (Å²) in [6, 6.07) is -1.16. The maximum absolute atomic E-state index is 12.8. The lowest BCUT2D eigenvalue weighted by atomic mass is 9.62. The minimum absolute atomic E-state index is 0.0825. The second-order valence-electron chi connectivity index (χ2n) is 11.7. The van der Waals surface area contributed by atoms with Gasteiger partial charge in [-0.25, -0.2) is 0 Å². The van der Waals surface area contributed by atoms with E-state index < -0.39 is 35.7 Å². The molecule has 0 radical (unpaired) electrons. The van der Waals surface area contributed by atoms with E-state index in [1.54, 1.807) is 6.08 Å². The van der Waals surface area contributed by atoms with Crippen LogP contribution in [0.3, 0.4) is 0 Å². The van der Waals surface area contributed by atoms with Crippen molar-refractivity contribution < 1.29 is 29.7 Å². The van der Waals surface area contributed by atoms with Crippen molar-refractivity contribution in [3.8, 4) is 0 Å². The van der Waals surface area contributed by atoms with Gasteiger partial charge in [0.05, 0.1) is 12.2 Å². The number of allylic oxidation sites excluding steroid dienone is 4. The molecule has 11 unspecified atom stereocenters. The minimum Gasteiger partial charge on any atom is -0.507 e. The highest BCUT2D eigenvalue weighted by Gasteiger charge is 2.57. The van der Waals surface area contributed by atoms with Crippen LogP contribution in [-0.4, -0.2) is 57.7 Å². The van der Waals surface area contributed by atoms with Crippen molar-refractivity contribution in [2.45, 2.75) is 57.3 Å². The lowest BCUT2D eigenvalue weighted by Gasteiger charge is -2.44. The van der Waals surface area contributed by atoms with Crippen LogP contribution in [0.4, 0.5) is 0 Å². The number of rotatable bonds is 1. The van der Waals surface area contributed by atoms with Gasteiger partial charge in [-0.1, -0.05) is 25.2 Å². The number of amides is 2. The van der Waals surface area contributed by atoms with Gasteiger partial charge in [0.1, 0.15) is 17.4 Å². The molecule has 0 aromatic carbocycles. The van der Waals surface area contributed by atoms with Crippen molar-refractivity contribution in [2.24, 2.45) is 47.3 Å². The third-order valence-electron chi connectivity index (χ3n) is 9.88. The van der Waals surface area contributed by atoms with E-state index in [4.69, 9.17) is 0 Å². The van der Waals surface area contributed by atoms with Crippen molar-refractivity contribution in [1.82, 2.24) is 10.6 Å². The highest BCUT2D eigenvalue weighted by Crippen LogP contribution is 2.62. The maximum Gasteiger partial charge on any atom is 0.259 e. The van der Waals surface area contributed by atoms with Gasteiger partial charge in [0, 0.05) is 6.54 Å². The highest BCUT2D eigenvalue weighted by atomic mass is 16.3. The van der Waals surface area contributed by atoms with Crippen molar-refractivity contribution >= 4 is 17.6 Å². The molecule has 8 nitrogen and oxygen atoms in total. The molecule has 4 fully saturated rings. The van der Waals surface area contributed by atoms with E-state index >= 15 is 0 Å². The summed E-state index contributed by atoms with van der Waals surface area (Å²) in [7, 11) is 0. The molecule has 5 aliphatic rings. The quantitative estimate of drug-likeness (QED) is 0.270. The summed E-state index contributed by atoms with van der Waals surface area (Å²) >= 11 is 0. The Morgan fingerprint density at radius 3 is 2.57 bits per heavy atom. The van der Waals surface area contributed by atoms with E-state index in [0.29, 0.717) is 36.5 Å². The van der Waals surface area contributed by atoms with Crippen LogP contribution in [0.5, 0.6) is 0 Å². The molecule has 0 aromatic heterocycles. The summed E-state index contributed by atoms with van der Waals surface area (Å²) in [6.07, 6.45) is 10.4. The van der Waals surface area contributed by atoms with E-state index in [2.05, 4.69) is 30.2 Å². The number of aliphatic hydroxyl groups is 3. The van der Waals surface area contributed by atoms with Crippen molar-refractivity contribution in [1.29, 1.82) is 0 Å². The average molecular weight is 511 g/mol. The summed E-state index contributed by atoms with van der Waals surface area (Å²) in [5, 5.41) is 37.6. The summed E-state index contributed by atoms with van der Waals surface area (Å²) in [5.74, 6) is 0.371. The Morgan fingerprint density at radius 2 is 1.81 bits per heavy atom. The van der Waals surface area contributed by atoms with E-state index in [9.17, 15) is 29.7 Å². The number of carbonyl (C=O) groups excluding carboxylic acids is 3. The number of carbonyl (C=O) groups is 3. The van der Waals surface area contributed by atoms with Gasteiger partial charge in [0.2, 0.25) is 5.91 Å². The maximum atomic E-state index is 12.8. The zero-order valence-electron chi connectivity index (χ0n) is 21.3. The monoisotopic (exact) mass is 510 g/mol. The molecule has 3 aliphatic carbocycles. The van der Waals surface area contributed by atoms with E-state index in [1.807, 2.05) is 6.08 Å². The summed E-state index contributed by atoms with van der Waals surface area (Å²) < 4.78 is 0. The molecule has 2 amide bonds. The number of hydrogen-bond acceptors (Lipinski definition) is 6. The number of Topliss-reactive ketones (excluding diaryl/α,β-unsaturated/α-hetero) is 1. The van der Waals surface area contributed by atoms with Crippen LogP contribution in [0.2, 0.25) is 0 Å². The fourth-order valence-electron chi connectivity index (χ4n) is 8.22. The molecule has 0 aromatic rings. The second-order valence-corrected chi connectivity index (χ2v) is 11.7. The molecule has 0 spiro atoms. The summed E-state index contributed by atoms with van der Waals surface area (Å²) in [6.45, 7) is 6.45. The smallest absolute Gasteiger partial charge is 0.259 e.